The number of esters is 1. The van der Waals surface area contributed by atoms with E-state index in [1.165, 1.54) is 0 Å². The maximum atomic E-state index is 13.6. The second-order valence-electron chi connectivity index (χ2n) is 5.64. The fraction of sp³-hybridized carbons (Fsp3) is 0.0500. The number of rotatable bonds is 6. The van der Waals surface area contributed by atoms with Crippen LogP contribution in [0.5, 0.6) is 17.2 Å². The highest BCUT2D eigenvalue weighted by atomic mass is 32.2. The molecule has 0 aliphatic rings. The lowest BCUT2D eigenvalue weighted by Gasteiger charge is -2.10. The molecule has 0 unspecified atom stereocenters. The second-order valence-corrected chi connectivity index (χ2v) is 6.89. The van der Waals surface area contributed by atoms with Crippen molar-refractivity contribution in [2.75, 3.05) is 6.61 Å². The topological polar surface area (TPSA) is 55.8 Å². The molecule has 9 heteroatoms. The summed E-state index contributed by atoms with van der Waals surface area (Å²) in [7, 11) is 0. The fourth-order valence-corrected chi connectivity index (χ4v) is 3.16. The van der Waals surface area contributed by atoms with Gasteiger partial charge in [0, 0.05) is 11.8 Å². The number of halogens is 4. The largest absolute Gasteiger partial charge is 0.502 e. The maximum Gasteiger partial charge on any atom is 0.349 e. The Bertz CT molecular complexity index is 998. The molecular weight excluding hydrogens is 412 g/mol. The number of thiol groups is 1. The molecule has 0 fully saturated rings. The predicted molar refractivity (Wildman–Crippen MR) is 97.2 cm³/mol. The molecule has 1 N–H and O–H groups in total. The van der Waals surface area contributed by atoms with Crippen molar-refractivity contribution < 1.29 is 36.9 Å². The van der Waals surface area contributed by atoms with E-state index in [1.807, 2.05) is 30.3 Å². The van der Waals surface area contributed by atoms with E-state index in [9.17, 15) is 27.5 Å². The smallest absolute Gasteiger partial charge is 0.349 e. The average molecular weight is 425 g/mol. The SMILES string of the molecule is O=C(COc1ccc([SH+]c2ccccc2)cc1)Oc1c(O)c(F)c(F)c(F)c1F. The predicted octanol–water partition coefficient (Wildman–Crippen LogP) is 4.17. The standard InChI is InChI=1S/C20H12F4O4S/c21-15-16(22)18(24)20(19(26)17(15)23)28-14(25)10-27-11-6-8-13(9-7-11)29-12-4-2-1-3-5-12/h1-9,26H,10H2/p+1. The maximum absolute atomic E-state index is 13.6. The molecule has 150 valence electrons. The van der Waals surface area contributed by atoms with Gasteiger partial charge in [-0.3, -0.25) is 0 Å². The Balaban J connectivity index is 1.60. The van der Waals surface area contributed by atoms with Crippen molar-refractivity contribution in [2.24, 2.45) is 0 Å². The van der Waals surface area contributed by atoms with E-state index < -0.39 is 47.3 Å². The first-order valence-electron chi connectivity index (χ1n) is 8.12. The van der Waals surface area contributed by atoms with Gasteiger partial charge < -0.3 is 14.6 Å². The van der Waals surface area contributed by atoms with Gasteiger partial charge in [-0.15, -0.1) is 0 Å². The Labute approximate surface area is 166 Å². The zero-order valence-corrected chi connectivity index (χ0v) is 15.4. The number of phenols is 1. The van der Waals surface area contributed by atoms with E-state index in [1.54, 1.807) is 24.3 Å². The summed E-state index contributed by atoms with van der Waals surface area (Å²) < 4.78 is 62.6. The molecule has 0 aliphatic carbocycles. The molecule has 3 aromatic carbocycles. The molecule has 0 radical (unpaired) electrons. The van der Waals surface area contributed by atoms with Crippen LogP contribution in [-0.4, -0.2) is 17.7 Å². The summed E-state index contributed by atoms with van der Waals surface area (Å²) in [6.45, 7) is -0.741. The first-order chi connectivity index (χ1) is 13.9. The van der Waals surface area contributed by atoms with Crippen LogP contribution >= 0.6 is 0 Å². The Hall–Kier alpha value is -3.20. The number of carbonyl (C=O) groups is 1. The van der Waals surface area contributed by atoms with Gasteiger partial charge >= 0.3 is 5.97 Å². The Morgan fingerprint density at radius 1 is 0.828 bits per heavy atom. The number of phenolic OH excluding ortho intramolecular Hbond substituents is 1. The van der Waals surface area contributed by atoms with Gasteiger partial charge in [0.25, 0.3) is 0 Å². The highest BCUT2D eigenvalue weighted by molar-refractivity contribution is 7.78. The molecule has 0 amide bonds. The van der Waals surface area contributed by atoms with Crippen molar-refractivity contribution in [1.82, 2.24) is 0 Å². The first-order valence-corrected chi connectivity index (χ1v) is 9.01. The van der Waals surface area contributed by atoms with E-state index >= 15 is 0 Å². The van der Waals surface area contributed by atoms with Crippen molar-refractivity contribution in [3.63, 3.8) is 0 Å². The monoisotopic (exact) mass is 425 g/mol. The first kappa shape index (κ1) is 20.5. The van der Waals surface area contributed by atoms with Crippen molar-refractivity contribution in [3.8, 4) is 17.2 Å². The van der Waals surface area contributed by atoms with E-state index in [0.29, 0.717) is 0 Å². The normalized spacial score (nSPS) is 10.6. The minimum atomic E-state index is -2.22. The number of benzene rings is 3. The van der Waals surface area contributed by atoms with Crippen LogP contribution in [0.1, 0.15) is 0 Å². The minimum absolute atomic E-state index is 0.287. The molecule has 0 aliphatic heterocycles. The summed E-state index contributed by atoms with van der Waals surface area (Å²) in [6.07, 6.45) is 0. The Kier molecular flexibility index (Phi) is 6.28. The van der Waals surface area contributed by atoms with Crippen LogP contribution in [0.25, 0.3) is 0 Å². The summed E-state index contributed by atoms with van der Waals surface area (Å²) in [5.41, 5.74) is 0. The minimum Gasteiger partial charge on any atom is -0.502 e. The van der Waals surface area contributed by atoms with E-state index in [4.69, 9.17) is 4.74 Å². The molecule has 29 heavy (non-hydrogen) atoms. The Morgan fingerprint density at radius 3 is 2.07 bits per heavy atom. The molecular formula is C20H13F4O4S+. The highest BCUT2D eigenvalue weighted by Crippen LogP contribution is 2.35. The van der Waals surface area contributed by atoms with Crippen LogP contribution in [0.3, 0.4) is 0 Å². The van der Waals surface area contributed by atoms with Gasteiger partial charge in [-0.1, -0.05) is 18.2 Å². The third-order valence-corrected chi connectivity index (χ3v) is 4.74. The lowest BCUT2D eigenvalue weighted by molar-refractivity contribution is -0.137. The van der Waals surface area contributed by atoms with Gasteiger partial charge in [-0.2, -0.15) is 8.78 Å². The van der Waals surface area contributed by atoms with Gasteiger partial charge in [0.1, 0.15) is 5.75 Å². The quantitative estimate of drug-likeness (QED) is 0.123. The summed E-state index contributed by atoms with van der Waals surface area (Å²) in [4.78, 5) is 13.8. The van der Waals surface area contributed by atoms with Crippen LogP contribution in [0, 0.1) is 23.3 Å². The molecule has 0 saturated heterocycles. The molecule has 0 atom stereocenters. The van der Waals surface area contributed by atoms with Gasteiger partial charge in [0.2, 0.25) is 34.8 Å². The lowest BCUT2D eigenvalue weighted by atomic mass is 10.2. The van der Waals surface area contributed by atoms with E-state index in [-0.39, 0.29) is 5.75 Å². The number of hydrogen-bond donors (Lipinski definition) is 1. The number of carbonyl (C=O) groups excluding carboxylic acids is 1. The number of hydrogen-bond acceptors (Lipinski definition) is 4. The van der Waals surface area contributed by atoms with Crippen LogP contribution < -0.4 is 9.47 Å². The fourth-order valence-electron chi connectivity index (χ4n) is 2.25. The molecule has 0 saturated carbocycles. The van der Waals surface area contributed by atoms with Crippen molar-refractivity contribution in [2.45, 2.75) is 9.79 Å². The van der Waals surface area contributed by atoms with Gasteiger partial charge in [-0.05, 0) is 36.4 Å². The van der Waals surface area contributed by atoms with Gasteiger partial charge in [-0.25, -0.2) is 13.6 Å². The van der Waals surface area contributed by atoms with Crippen molar-refractivity contribution in [1.29, 1.82) is 0 Å². The Morgan fingerprint density at radius 2 is 1.41 bits per heavy atom. The van der Waals surface area contributed by atoms with Crippen molar-refractivity contribution in [3.05, 3.63) is 77.9 Å². The van der Waals surface area contributed by atoms with Crippen LogP contribution in [0.2, 0.25) is 0 Å². The van der Waals surface area contributed by atoms with Gasteiger partial charge in [0.15, 0.2) is 16.4 Å². The molecule has 0 aromatic heterocycles. The lowest BCUT2D eigenvalue weighted by Crippen LogP contribution is -2.19. The average Bonchev–Trinajstić information content (AvgIpc) is 2.74. The third kappa shape index (κ3) is 4.80. The molecule has 0 heterocycles. The second kappa shape index (κ2) is 8.87. The summed E-state index contributed by atoms with van der Waals surface area (Å²) in [6, 6.07) is 16.4. The number of ether oxygens (including phenoxy) is 2. The summed E-state index contributed by atoms with van der Waals surface area (Å²) in [5.74, 6) is -12.6. The molecule has 4 nitrogen and oxygen atoms in total. The van der Waals surface area contributed by atoms with Crippen LogP contribution in [0.15, 0.2) is 64.4 Å². The molecule has 3 rings (SSSR count). The molecule has 0 bridgehead atoms. The van der Waals surface area contributed by atoms with E-state index in [0.717, 1.165) is 21.6 Å². The third-order valence-electron chi connectivity index (χ3n) is 3.62. The van der Waals surface area contributed by atoms with E-state index in [2.05, 4.69) is 4.74 Å². The summed E-state index contributed by atoms with van der Waals surface area (Å²) in [5, 5.41) is 9.33. The van der Waals surface area contributed by atoms with Gasteiger partial charge in [0.05, 0.1) is 0 Å². The summed E-state index contributed by atoms with van der Waals surface area (Å²) >= 11 is 0.969. The van der Waals surface area contributed by atoms with Crippen molar-refractivity contribution >= 4 is 17.7 Å². The highest BCUT2D eigenvalue weighted by Gasteiger charge is 2.28. The molecule has 3 aromatic rings. The number of aromatic hydroxyl groups is 1. The zero-order valence-electron chi connectivity index (χ0n) is 14.5. The molecule has 0 spiro atoms. The van der Waals surface area contributed by atoms with Crippen LogP contribution in [0.4, 0.5) is 17.6 Å². The van der Waals surface area contributed by atoms with Crippen LogP contribution in [-0.2, 0) is 16.6 Å². The zero-order chi connectivity index (χ0) is 21.0.